The molecule has 10 heteroatoms. The van der Waals surface area contributed by atoms with Crippen LogP contribution >= 0.6 is 0 Å². The predicted molar refractivity (Wildman–Crippen MR) is 136 cm³/mol. The van der Waals surface area contributed by atoms with Gasteiger partial charge < -0.3 is 38.0 Å². The van der Waals surface area contributed by atoms with Gasteiger partial charge in [-0.2, -0.15) is 0 Å². The molecule has 1 aliphatic rings. The smallest absolute Gasteiger partial charge is 0.205 e. The van der Waals surface area contributed by atoms with Crippen molar-refractivity contribution in [3.63, 3.8) is 0 Å². The second kappa shape index (κ2) is 9.85. The monoisotopic (exact) mass is 524 g/mol. The molecule has 1 fully saturated rings. The third kappa shape index (κ3) is 4.06. The Morgan fingerprint density at radius 2 is 1.08 bits per heavy atom. The first-order valence-corrected chi connectivity index (χ1v) is 12.2. The van der Waals surface area contributed by atoms with Crippen molar-refractivity contribution in [1.82, 2.24) is 0 Å². The van der Waals surface area contributed by atoms with Gasteiger partial charge in [-0.15, -0.1) is 0 Å². The van der Waals surface area contributed by atoms with E-state index in [9.17, 15) is 19.8 Å². The number of carbonyl (C=O) groups is 2. The zero-order valence-corrected chi connectivity index (χ0v) is 21.5. The fourth-order valence-electron chi connectivity index (χ4n) is 5.15. The lowest BCUT2D eigenvalue weighted by atomic mass is 9.94. The van der Waals surface area contributed by atoms with E-state index in [1.165, 1.54) is 40.6 Å². The minimum absolute atomic E-state index is 0.0344. The molecule has 0 atom stereocenters. The Morgan fingerprint density at radius 3 is 1.39 bits per heavy atom. The number of rotatable bonds is 8. The quantitative estimate of drug-likeness (QED) is 0.273. The van der Waals surface area contributed by atoms with Gasteiger partial charge >= 0.3 is 0 Å². The number of aromatic hydroxyl groups is 2. The second-order valence-corrected chi connectivity index (χ2v) is 9.25. The highest BCUT2D eigenvalue weighted by molar-refractivity contribution is 6.09. The second-order valence-electron chi connectivity index (χ2n) is 9.25. The maximum atomic E-state index is 12.3. The van der Waals surface area contributed by atoms with E-state index in [-0.39, 0.29) is 69.4 Å². The largest absolute Gasteiger partial charge is 0.504 e. The van der Waals surface area contributed by atoms with Crippen molar-refractivity contribution in [3.05, 3.63) is 35.8 Å². The van der Waals surface area contributed by atoms with Gasteiger partial charge in [0.2, 0.25) is 11.5 Å². The Morgan fingerprint density at radius 1 is 0.711 bits per heavy atom. The number of methoxy groups -OCH3 is 2. The molecule has 200 valence electrons. The van der Waals surface area contributed by atoms with Crippen LogP contribution in [0.1, 0.15) is 60.2 Å². The number of carbonyl (C=O) groups excluding carboxylic acids is 2. The van der Waals surface area contributed by atoms with Crippen LogP contribution in [0.2, 0.25) is 0 Å². The molecule has 0 saturated heterocycles. The van der Waals surface area contributed by atoms with Gasteiger partial charge in [0.15, 0.2) is 34.2 Å². The van der Waals surface area contributed by atoms with Crippen LogP contribution in [-0.4, -0.2) is 48.2 Å². The first-order chi connectivity index (χ1) is 18.3. The number of phenols is 2. The summed E-state index contributed by atoms with van der Waals surface area (Å²) >= 11 is 0. The molecule has 2 heterocycles. The van der Waals surface area contributed by atoms with E-state index in [1.54, 1.807) is 12.1 Å². The summed E-state index contributed by atoms with van der Waals surface area (Å²) in [5.41, 5.74) is 0.657. The Kier molecular flexibility index (Phi) is 6.56. The molecular formula is C28H28O10. The van der Waals surface area contributed by atoms with Crippen LogP contribution in [0.25, 0.3) is 21.9 Å². The van der Waals surface area contributed by atoms with Crippen LogP contribution in [0.15, 0.2) is 33.5 Å². The number of ether oxygens (including phenoxy) is 4. The predicted octanol–water partition coefficient (Wildman–Crippen LogP) is 5.78. The summed E-state index contributed by atoms with van der Waals surface area (Å²) in [7, 11) is 2.85. The van der Waals surface area contributed by atoms with Crippen LogP contribution in [-0.2, 0) is 0 Å². The molecule has 0 radical (unpaired) electrons. The number of Topliss-reactive ketones (excluding diaryl/α,β-unsaturated/α-hetero) is 2. The topological polar surface area (TPSA) is 138 Å². The van der Waals surface area contributed by atoms with Gasteiger partial charge in [-0.3, -0.25) is 9.59 Å². The third-order valence-corrected chi connectivity index (χ3v) is 6.89. The maximum absolute atomic E-state index is 12.3. The lowest BCUT2D eigenvalue weighted by Gasteiger charge is -2.30. The van der Waals surface area contributed by atoms with Crippen LogP contribution in [0.3, 0.4) is 0 Å². The Bertz CT molecular complexity index is 1420. The molecule has 0 spiro atoms. The minimum atomic E-state index is -0.363. The van der Waals surface area contributed by atoms with Gasteiger partial charge in [0.05, 0.1) is 49.7 Å². The molecule has 2 aromatic heterocycles. The molecule has 0 bridgehead atoms. The fourth-order valence-corrected chi connectivity index (χ4v) is 5.15. The van der Waals surface area contributed by atoms with E-state index >= 15 is 0 Å². The summed E-state index contributed by atoms with van der Waals surface area (Å²) in [6, 6.07) is 3.31. The van der Waals surface area contributed by atoms with Crippen LogP contribution in [0.5, 0.6) is 34.5 Å². The normalized spacial score (nSPS) is 17.5. The molecule has 4 aromatic rings. The number of hydrogen-bond acceptors (Lipinski definition) is 10. The molecular weight excluding hydrogens is 496 g/mol. The lowest BCUT2D eigenvalue weighted by molar-refractivity contribution is 0.0775. The summed E-state index contributed by atoms with van der Waals surface area (Å²) in [6.07, 6.45) is 4.56. The molecule has 0 unspecified atom stereocenters. The highest BCUT2D eigenvalue weighted by Crippen LogP contribution is 2.48. The van der Waals surface area contributed by atoms with Gasteiger partial charge in [-0.05, 0) is 51.7 Å². The molecule has 2 N–H and O–H groups in total. The minimum Gasteiger partial charge on any atom is -0.504 e. The highest BCUT2D eigenvalue weighted by Gasteiger charge is 2.32. The third-order valence-electron chi connectivity index (χ3n) is 6.89. The molecule has 0 aliphatic heterocycles. The summed E-state index contributed by atoms with van der Waals surface area (Å²) in [4.78, 5) is 24.6. The average Bonchev–Trinajstić information content (AvgIpc) is 3.57. The zero-order chi connectivity index (χ0) is 27.1. The summed E-state index contributed by atoms with van der Waals surface area (Å²) in [5, 5.41) is 22.9. The van der Waals surface area contributed by atoms with E-state index in [2.05, 4.69) is 0 Å². The van der Waals surface area contributed by atoms with Gasteiger partial charge in [-0.1, -0.05) is 0 Å². The molecule has 1 saturated carbocycles. The van der Waals surface area contributed by atoms with Crippen LogP contribution < -0.4 is 18.9 Å². The molecule has 0 amide bonds. The van der Waals surface area contributed by atoms with Gasteiger partial charge in [-0.25, -0.2) is 0 Å². The fraction of sp³-hybridized carbons (Fsp3) is 0.357. The van der Waals surface area contributed by atoms with Crippen molar-refractivity contribution in [2.24, 2.45) is 0 Å². The van der Waals surface area contributed by atoms with Crippen molar-refractivity contribution in [2.45, 2.75) is 51.7 Å². The zero-order valence-electron chi connectivity index (χ0n) is 21.5. The molecule has 10 nitrogen and oxygen atoms in total. The van der Waals surface area contributed by atoms with Gasteiger partial charge in [0, 0.05) is 0 Å². The molecule has 2 aromatic carbocycles. The first kappa shape index (κ1) is 25.3. The number of benzene rings is 2. The number of ketones is 2. The van der Waals surface area contributed by atoms with Crippen molar-refractivity contribution >= 4 is 33.5 Å². The first-order valence-electron chi connectivity index (χ1n) is 12.2. The summed E-state index contributed by atoms with van der Waals surface area (Å²) in [5.74, 6) is -0.720. The van der Waals surface area contributed by atoms with E-state index in [0.29, 0.717) is 47.6 Å². The number of phenolic OH excluding ortho intramolecular Hbond substituents is 2. The molecule has 1 aliphatic carbocycles. The number of hydrogen-bond donors (Lipinski definition) is 2. The van der Waals surface area contributed by atoms with Gasteiger partial charge in [0.1, 0.15) is 22.6 Å². The Labute approximate surface area is 217 Å². The SMILES string of the molecule is COc1c(C(C)=O)c(O)c(OC2CCC(Oc3c(O)c(C(C)=O)c(OC)c4ccoc34)CC2)c2occc12. The van der Waals surface area contributed by atoms with E-state index in [1.807, 2.05) is 0 Å². The Balaban J connectivity index is 1.37. The van der Waals surface area contributed by atoms with E-state index in [0.717, 1.165) is 0 Å². The summed E-state index contributed by atoms with van der Waals surface area (Å²) in [6.45, 7) is 2.69. The number of furan rings is 2. The maximum Gasteiger partial charge on any atom is 0.205 e. The molecule has 38 heavy (non-hydrogen) atoms. The standard InChI is InChI=1S/C28H28O10/c1-13(29)19-21(31)27(25-17(9-11-35-25)23(19)33-3)37-15-5-7-16(8-6-15)38-28-22(32)20(14(2)30)24(34-4)18-10-12-36-26(18)28/h9-12,15-16,31-32H,5-8H2,1-4H3. The lowest BCUT2D eigenvalue weighted by Crippen LogP contribution is -2.30. The van der Waals surface area contributed by atoms with Crippen molar-refractivity contribution < 1.29 is 47.6 Å². The summed E-state index contributed by atoms with van der Waals surface area (Å²) < 4.78 is 34.2. The van der Waals surface area contributed by atoms with E-state index in [4.69, 9.17) is 27.8 Å². The number of fused-ring (bicyclic) bond motifs is 2. The van der Waals surface area contributed by atoms with Gasteiger partial charge in [0.25, 0.3) is 0 Å². The highest BCUT2D eigenvalue weighted by atomic mass is 16.5. The van der Waals surface area contributed by atoms with E-state index < -0.39 is 0 Å². The Hall–Kier alpha value is -4.34. The van der Waals surface area contributed by atoms with Crippen molar-refractivity contribution in [3.8, 4) is 34.5 Å². The average molecular weight is 525 g/mol. The van der Waals surface area contributed by atoms with Crippen molar-refractivity contribution in [2.75, 3.05) is 14.2 Å². The van der Waals surface area contributed by atoms with Crippen LogP contribution in [0, 0.1) is 0 Å². The molecule has 5 rings (SSSR count). The van der Waals surface area contributed by atoms with Crippen molar-refractivity contribution in [1.29, 1.82) is 0 Å². The van der Waals surface area contributed by atoms with Crippen LogP contribution in [0.4, 0.5) is 0 Å².